The van der Waals surface area contributed by atoms with Gasteiger partial charge >= 0.3 is 0 Å². The monoisotopic (exact) mass is 222 g/mol. The zero-order valence-electron chi connectivity index (χ0n) is 8.52. The van der Waals surface area contributed by atoms with Crippen molar-refractivity contribution in [3.05, 3.63) is 40.3 Å². The highest BCUT2D eigenvalue weighted by Gasteiger charge is 2.26. The Morgan fingerprint density at radius 2 is 2.31 bits per heavy atom. The minimum Gasteiger partial charge on any atom is -0.381 e. The number of hydrogen-bond donors (Lipinski definition) is 1. The molecule has 0 saturated heterocycles. The molecule has 7 heteroatoms. The number of aliphatic hydroxyl groups is 1. The standard InChI is InChI=1S/C9H10N4O3/c1-6(13(15)16)9(14)7-2-3-8-10-5-11-12(8)4-7/h2-6,9,14H,1H3. The quantitative estimate of drug-likeness (QED) is 0.600. The molecule has 2 aromatic heterocycles. The number of hydrogen-bond acceptors (Lipinski definition) is 5. The summed E-state index contributed by atoms with van der Waals surface area (Å²) in [5.74, 6) is 0. The van der Waals surface area contributed by atoms with Crippen LogP contribution in [0.25, 0.3) is 5.65 Å². The number of pyridine rings is 1. The van der Waals surface area contributed by atoms with Gasteiger partial charge in [-0.3, -0.25) is 10.1 Å². The van der Waals surface area contributed by atoms with Crippen molar-refractivity contribution in [1.82, 2.24) is 14.6 Å². The van der Waals surface area contributed by atoms with Crippen LogP contribution in [0.5, 0.6) is 0 Å². The SMILES string of the molecule is CC(C(O)c1ccc2ncnn2c1)[N+](=O)[O-]. The molecule has 7 nitrogen and oxygen atoms in total. The zero-order chi connectivity index (χ0) is 11.7. The van der Waals surface area contributed by atoms with E-state index in [2.05, 4.69) is 10.1 Å². The first-order valence-electron chi connectivity index (χ1n) is 4.70. The first-order valence-corrected chi connectivity index (χ1v) is 4.70. The third-order valence-corrected chi connectivity index (χ3v) is 2.43. The molecule has 0 spiro atoms. The van der Waals surface area contributed by atoms with Crippen LogP contribution in [-0.4, -0.2) is 30.7 Å². The molecule has 0 fully saturated rings. The van der Waals surface area contributed by atoms with Gasteiger partial charge in [-0.05, 0) is 6.07 Å². The van der Waals surface area contributed by atoms with Crippen molar-refractivity contribution in [3.8, 4) is 0 Å². The lowest BCUT2D eigenvalue weighted by molar-refractivity contribution is -0.531. The summed E-state index contributed by atoms with van der Waals surface area (Å²) in [6.07, 6.45) is 1.76. The van der Waals surface area contributed by atoms with E-state index in [9.17, 15) is 15.2 Å². The molecule has 0 aliphatic heterocycles. The van der Waals surface area contributed by atoms with E-state index >= 15 is 0 Å². The molecule has 0 bridgehead atoms. The van der Waals surface area contributed by atoms with Gasteiger partial charge in [0.05, 0.1) is 0 Å². The van der Waals surface area contributed by atoms with Gasteiger partial charge in [-0.15, -0.1) is 0 Å². The van der Waals surface area contributed by atoms with Crippen LogP contribution in [0.3, 0.4) is 0 Å². The minimum absolute atomic E-state index is 0.446. The average Bonchev–Trinajstić information content (AvgIpc) is 2.73. The molecule has 2 heterocycles. The second-order valence-corrected chi connectivity index (χ2v) is 3.50. The molecule has 84 valence electrons. The van der Waals surface area contributed by atoms with Gasteiger partial charge in [-0.25, -0.2) is 9.50 Å². The summed E-state index contributed by atoms with van der Waals surface area (Å²) in [4.78, 5) is 14.0. The van der Waals surface area contributed by atoms with Crippen LogP contribution < -0.4 is 0 Å². The highest BCUT2D eigenvalue weighted by molar-refractivity contribution is 5.37. The normalized spacial score (nSPS) is 14.9. The Balaban J connectivity index is 2.35. The van der Waals surface area contributed by atoms with Gasteiger partial charge in [0.1, 0.15) is 12.4 Å². The van der Waals surface area contributed by atoms with Gasteiger partial charge in [-0.2, -0.15) is 5.10 Å². The third-order valence-electron chi connectivity index (χ3n) is 2.43. The highest BCUT2D eigenvalue weighted by atomic mass is 16.6. The molecule has 2 rings (SSSR count). The maximum atomic E-state index is 10.5. The largest absolute Gasteiger partial charge is 0.381 e. The van der Waals surface area contributed by atoms with Gasteiger partial charge in [0.2, 0.25) is 6.04 Å². The summed E-state index contributed by atoms with van der Waals surface area (Å²) >= 11 is 0. The third kappa shape index (κ3) is 1.72. The Kier molecular flexibility index (Phi) is 2.53. The van der Waals surface area contributed by atoms with Crippen LogP contribution in [0.2, 0.25) is 0 Å². The second kappa shape index (κ2) is 3.86. The molecule has 0 aromatic carbocycles. The van der Waals surface area contributed by atoms with Crippen molar-refractivity contribution in [2.75, 3.05) is 0 Å². The minimum atomic E-state index is -1.15. The van der Waals surface area contributed by atoms with E-state index in [1.165, 1.54) is 24.0 Å². The maximum Gasteiger partial charge on any atom is 0.240 e. The maximum absolute atomic E-state index is 10.5. The van der Waals surface area contributed by atoms with Gasteiger partial charge in [0.25, 0.3) is 0 Å². The average molecular weight is 222 g/mol. The van der Waals surface area contributed by atoms with Crippen molar-refractivity contribution >= 4 is 5.65 Å². The molecule has 0 radical (unpaired) electrons. The molecular weight excluding hydrogens is 212 g/mol. The molecule has 16 heavy (non-hydrogen) atoms. The number of aromatic nitrogens is 3. The van der Waals surface area contributed by atoms with Crippen molar-refractivity contribution in [2.24, 2.45) is 0 Å². The van der Waals surface area contributed by atoms with E-state index in [1.54, 1.807) is 12.1 Å². The lowest BCUT2D eigenvalue weighted by Gasteiger charge is -2.12. The number of fused-ring (bicyclic) bond motifs is 1. The summed E-state index contributed by atoms with van der Waals surface area (Å²) in [5.41, 5.74) is 1.08. The summed E-state index contributed by atoms with van der Waals surface area (Å²) in [7, 11) is 0. The highest BCUT2D eigenvalue weighted by Crippen LogP contribution is 2.18. The second-order valence-electron chi connectivity index (χ2n) is 3.50. The number of aliphatic hydroxyl groups excluding tert-OH is 1. The van der Waals surface area contributed by atoms with Crippen LogP contribution >= 0.6 is 0 Å². The Morgan fingerprint density at radius 1 is 1.56 bits per heavy atom. The lowest BCUT2D eigenvalue weighted by atomic mass is 10.1. The topological polar surface area (TPSA) is 93.6 Å². The summed E-state index contributed by atoms with van der Waals surface area (Å²) in [5, 5.41) is 24.2. The number of nitro groups is 1. The van der Waals surface area contributed by atoms with E-state index in [1.807, 2.05) is 0 Å². The number of nitrogens with zero attached hydrogens (tertiary/aromatic N) is 4. The Labute approximate surface area is 90.5 Å². The van der Waals surface area contributed by atoms with Crippen LogP contribution in [0.1, 0.15) is 18.6 Å². The van der Waals surface area contributed by atoms with E-state index in [-0.39, 0.29) is 0 Å². The van der Waals surface area contributed by atoms with Crippen LogP contribution in [0.15, 0.2) is 24.7 Å². The van der Waals surface area contributed by atoms with Crippen molar-refractivity contribution in [2.45, 2.75) is 19.1 Å². The molecule has 2 aromatic rings. The fourth-order valence-corrected chi connectivity index (χ4v) is 1.40. The predicted octanol–water partition coefficient (Wildman–Crippen LogP) is 0.428. The lowest BCUT2D eigenvalue weighted by Crippen LogP contribution is -2.24. The van der Waals surface area contributed by atoms with Crippen LogP contribution in [-0.2, 0) is 0 Å². The Morgan fingerprint density at radius 3 is 3.00 bits per heavy atom. The number of rotatable bonds is 3. The Bertz CT molecular complexity index is 524. The van der Waals surface area contributed by atoms with Crippen LogP contribution in [0.4, 0.5) is 0 Å². The van der Waals surface area contributed by atoms with E-state index in [0.29, 0.717) is 11.2 Å². The molecule has 2 atom stereocenters. The van der Waals surface area contributed by atoms with Crippen molar-refractivity contribution < 1.29 is 10.0 Å². The first-order chi connectivity index (χ1) is 7.59. The van der Waals surface area contributed by atoms with Gasteiger partial charge < -0.3 is 5.11 Å². The molecule has 0 saturated carbocycles. The van der Waals surface area contributed by atoms with Crippen molar-refractivity contribution in [1.29, 1.82) is 0 Å². The van der Waals surface area contributed by atoms with Crippen molar-refractivity contribution in [3.63, 3.8) is 0 Å². The molecular formula is C9H10N4O3. The van der Waals surface area contributed by atoms with Gasteiger partial charge in [0, 0.05) is 23.6 Å². The summed E-state index contributed by atoms with van der Waals surface area (Å²) in [6, 6.07) is 2.20. The zero-order valence-corrected chi connectivity index (χ0v) is 8.52. The van der Waals surface area contributed by atoms with E-state index in [0.717, 1.165) is 0 Å². The van der Waals surface area contributed by atoms with Crippen LogP contribution in [0, 0.1) is 10.1 Å². The first kappa shape index (κ1) is 10.5. The fourth-order valence-electron chi connectivity index (χ4n) is 1.40. The molecule has 1 N–H and O–H groups in total. The van der Waals surface area contributed by atoms with Gasteiger partial charge in [-0.1, -0.05) is 6.07 Å². The van der Waals surface area contributed by atoms with E-state index in [4.69, 9.17) is 0 Å². The summed E-state index contributed by atoms with van der Waals surface area (Å²) < 4.78 is 1.46. The molecule has 0 amide bonds. The fraction of sp³-hybridized carbons (Fsp3) is 0.333. The summed E-state index contributed by atoms with van der Waals surface area (Å²) in [6.45, 7) is 1.36. The Hall–Kier alpha value is -2.02. The smallest absolute Gasteiger partial charge is 0.240 e. The molecule has 0 aliphatic carbocycles. The van der Waals surface area contributed by atoms with E-state index < -0.39 is 17.1 Å². The molecule has 0 aliphatic rings. The van der Waals surface area contributed by atoms with Gasteiger partial charge in [0.15, 0.2) is 5.65 Å². The molecule has 2 unspecified atom stereocenters. The predicted molar refractivity (Wildman–Crippen MR) is 54.4 cm³/mol.